The first-order valence-electron chi connectivity index (χ1n) is 12.0. The van der Waals surface area contributed by atoms with Crippen LogP contribution in [0.4, 0.5) is 5.69 Å². The Labute approximate surface area is 205 Å². The number of piperazine rings is 1. The molecule has 1 aliphatic heterocycles. The fourth-order valence-electron chi connectivity index (χ4n) is 4.22. The number of amides is 2. The number of nitrogens with zero attached hydrogens (tertiary/aromatic N) is 3. The fraction of sp³-hybridized carbons (Fsp3) is 0.370. The molecule has 0 radical (unpaired) electrons. The van der Waals surface area contributed by atoms with Crippen LogP contribution in [-0.4, -0.2) is 59.5 Å². The molecule has 184 valence electrons. The predicted molar refractivity (Wildman–Crippen MR) is 134 cm³/mol. The maximum atomic E-state index is 13.1. The third-order valence-electron chi connectivity index (χ3n) is 6.34. The highest BCUT2D eigenvalue weighted by molar-refractivity contribution is 5.95. The molecule has 1 saturated heterocycles. The van der Waals surface area contributed by atoms with E-state index in [2.05, 4.69) is 22.3 Å². The average Bonchev–Trinajstić information content (AvgIpc) is 3.20. The first kappa shape index (κ1) is 24.5. The van der Waals surface area contributed by atoms with Crippen LogP contribution in [0.5, 0.6) is 5.75 Å². The zero-order chi connectivity index (χ0) is 24.8. The molecule has 2 aromatic carbocycles. The molecule has 4 rings (SSSR count). The highest BCUT2D eigenvalue weighted by Gasteiger charge is 2.24. The summed E-state index contributed by atoms with van der Waals surface area (Å²) in [4.78, 5) is 29.5. The molecular formula is C27H32N4O4. The van der Waals surface area contributed by atoms with Crippen molar-refractivity contribution in [2.75, 3.05) is 38.0 Å². The number of carbonyl (C=O) groups excluding carboxylic acids is 2. The molecule has 2 amide bonds. The first-order valence-corrected chi connectivity index (χ1v) is 12.0. The van der Waals surface area contributed by atoms with Gasteiger partial charge in [0.2, 0.25) is 5.91 Å². The third-order valence-corrected chi connectivity index (χ3v) is 6.34. The largest absolute Gasteiger partial charge is 0.489 e. The summed E-state index contributed by atoms with van der Waals surface area (Å²) in [5, 5.41) is 6.96. The first-order chi connectivity index (χ1) is 16.9. The van der Waals surface area contributed by atoms with Gasteiger partial charge in [0.25, 0.3) is 5.91 Å². The second-order valence-electron chi connectivity index (χ2n) is 8.75. The number of para-hydroxylation sites is 1. The summed E-state index contributed by atoms with van der Waals surface area (Å²) in [5.74, 6) is 1.29. The van der Waals surface area contributed by atoms with Crippen molar-refractivity contribution in [1.29, 1.82) is 0 Å². The monoisotopic (exact) mass is 476 g/mol. The predicted octanol–water partition coefficient (Wildman–Crippen LogP) is 3.83. The number of nitrogens with one attached hydrogen (secondary N) is 1. The lowest BCUT2D eigenvalue weighted by Gasteiger charge is -2.34. The normalized spacial score (nSPS) is 14.1. The van der Waals surface area contributed by atoms with Crippen LogP contribution in [0, 0.1) is 13.8 Å². The van der Waals surface area contributed by atoms with Gasteiger partial charge in [-0.3, -0.25) is 14.5 Å². The van der Waals surface area contributed by atoms with Crippen molar-refractivity contribution in [1.82, 2.24) is 15.0 Å². The van der Waals surface area contributed by atoms with Crippen LogP contribution >= 0.6 is 0 Å². The topological polar surface area (TPSA) is 87.9 Å². The minimum Gasteiger partial charge on any atom is -0.489 e. The fourth-order valence-corrected chi connectivity index (χ4v) is 4.22. The van der Waals surface area contributed by atoms with Crippen LogP contribution in [0.3, 0.4) is 0 Å². The quantitative estimate of drug-likeness (QED) is 0.532. The van der Waals surface area contributed by atoms with E-state index in [4.69, 9.17) is 9.26 Å². The Morgan fingerprint density at radius 2 is 1.83 bits per heavy atom. The summed E-state index contributed by atoms with van der Waals surface area (Å²) >= 11 is 0. The van der Waals surface area contributed by atoms with Crippen LogP contribution in [0.1, 0.15) is 39.9 Å². The van der Waals surface area contributed by atoms with E-state index >= 15 is 0 Å². The maximum Gasteiger partial charge on any atom is 0.254 e. The van der Waals surface area contributed by atoms with Gasteiger partial charge in [-0.1, -0.05) is 36.3 Å². The number of ether oxygens (including phenoxy) is 1. The minimum atomic E-state index is -0.0336. The number of rotatable bonds is 8. The van der Waals surface area contributed by atoms with E-state index < -0.39 is 0 Å². The number of carbonyl (C=O) groups is 2. The van der Waals surface area contributed by atoms with Crippen molar-refractivity contribution in [3.63, 3.8) is 0 Å². The average molecular weight is 477 g/mol. The Balaban J connectivity index is 1.28. The second kappa shape index (κ2) is 11.2. The van der Waals surface area contributed by atoms with E-state index in [9.17, 15) is 9.59 Å². The van der Waals surface area contributed by atoms with Crippen LogP contribution in [0.2, 0.25) is 0 Å². The van der Waals surface area contributed by atoms with E-state index in [0.29, 0.717) is 50.6 Å². The lowest BCUT2D eigenvalue weighted by molar-refractivity contribution is -0.117. The molecule has 0 atom stereocenters. The highest BCUT2D eigenvalue weighted by atomic mass is 16.5. The Bertz CT molecular complexity index is 1160. The molecule has 8 heteroatoms. The van der Waals surface area contributed by atoms with Gasteiger partial charge in [0.15, 0.2) is 0 Å². The van der Waals surface area contributed by atoms with Gasteiger partial charge in [-0.15, -0.1) is 0 Å². The number of anilines is 1. The summed E-state index contributed by atoms with van der Waals surface area (Å²) in [6.07, 6.45) is 0.864. The second-order valence-corrected chi connectivity index (χ2v) is 8.75. The van der Waals surface area contributed by atoms with E-state index in [1.807, 2.05) is 55.1 Å². The number of hydrogen-bond donors (Lipinski definition) is 1. The van der Waals surface area contributed by atoms with Crippen molar-refractivity contribution in [3.05, 3.63) is 76.7 Å². The van der Waals surface area contributed by atoms with E-state index in [0.717, 1.165) is 34.7 Å². The van der Waals surface area contributed by atoms with Gasteiger partial charge >= 0.3 is 0 Å². The molecule has 1 N–H and O–H groups in total. The molecule has 0 saturated carbocycles. The molecule has 1 fully saturated rings. The lowest BCUT2D eigenvalue weighted by Crippen LogP contribution is -2.50. The number of benzene rings is 2. The molecule has 0 aliphatic carbocycles. The van der Waals surface area contributed by atoms with Gasteiger partial charge in [-0.2, -0.15) is 0 Å². The smallest absolute Gasteiger partial charge is 0.254 e. The van der Waals surface area contributed by atoms with E-state index in [-0.39, 0.29) is 11.8 Å². The Morgan fingerprint density at radius 1 is 1.06 bits per heavy atom. The van der Waals surface area contributed by atoms with Gasteiger partial charge in [0.1, 0.15) is 18.1 Å². The van der Waals surface area contributed by atoms with Gasteiger partial charge in [0.05, 0.1) is 17.8 Å². The molecule has 0 bridgehead atoms. The molecule has 35 heavy (non-hydrogen) atoms. The van der Waals surface area contributed by atoms with Gasteiger partial charge in [-0.05, 0) is 50.1 Å². The molecule has 8 nitrogen and oxygen atoms in total. The number of hydrogen-bond acceptors (Lipinski definition) is 6. The Kier molecular flexibility index (Phi) is 7.82. The van der Waals surface area contributed by atoms with Crippen molar-refractivity contribution in [3.8, 4) is 5.75 Å². The van der Waals surface area contributed by atoms with Crippen molar-refractivity contribution >= 4 is 17.5 Å². The van der Waals surface area contributed by atoms with Crippen molar-refractivity contribution in [2.45, 2.75) is 33.8 Å². The van der Waals surface area contributed by atoms with Crippen molar-refractivity contribution in [2.24, 2.45) is 0 Å². The molecular weight excluding hydrogens is 444 g/mol. The molecule has 3 aromatic rings. The number of aromatic nitrogens is 1. The molecule has 0 unspecified atom stereocenters. The van der Waals surface area contributed by atoms with Gasteiger partial charge in [-0.25, -0.2) is 0 Å². The molecule has 2 heterocycles. The van der Waals surface area contributed by atoms with Crippen LogP contribution in [0.15, 0.2) is 53.1 Å². The van der Waals surface area contributed by atoms with Gasteiger partial charge in [0, 0.05) is 37.4 Å². The molecule has 0 spiro atoms. The maximum absolute atomic E-state index is 13.1. The van der Waals surface area contributed by atoms with Gasteiger partial charge < -0.3 is 19.5 Å². The molecule has 1 aliphatic rings. The summed E-state index contributed by atoms with van der Waals surface area (Å²) in [6, 6.07) is 15.1. The van der Waals surface area contributed by atoms with Crippen LogP contribution in [-0.2, 0) is 17.8 Å². The lowest BCUT2D eigenvalue weighted by atomic mass is 10.1. The van der Waals surface area contributed by atoms with Crippen LogP contribution < -0.4 is 10.1 Å². The van der Waals surface area contributed by atoms with E-state index in [1.54, 1.807) is 12.1 Å². The van der Waals surface area contributed by atoms with Crippen molar-refractivity contribution < 1.29 is 18.8 Å². The molecule has 1 aromatic heterocycles. The highest BCUT2D eigenvalue weighted by Crippen LogP contribution is 2.20. The minimum absolute atomic E-state index is 0.0335. The summed E-state index contributed by atoms with van der Waals surface area (Å²) in [6.45, 7) is 8.89. The summed E-state index contributed by atoms with van der Waals surface area (Å²) in [7, 11) is 0. The van der Waals surface area contributed by atoms with Crippen LogP contribution in [0.25, 0.3) is 0 Å². The SMILES string of the molecule is CCc1ccccc1NC(=O)CN1CCN(C(=O)c2cccc(OCc3c(C)noc3C)c2)CC1. The summed E-state index contributed by atoms with van der Waals surface area (Å²) in [5.41, 5.74) is 4.29. The number of aryl methyl sites for hydroxylation is 3. The zero-order valence-corrected chi connectivity index (χ0v) is 20.5. The Hall–Kier alpha value is -3.65. The van der Waals surface area contributed by atoms with E-state index in [1.165, 1.54) is 0 Å². The zero-order valence-electron chi connectivity index (χ0n) is 20.5. The standard InChI is InChI=1S/C27H32N4O4/c1-4-21-8-5-6-11-25(21)28-26(32)17-30-12-14-31(15-13-30)27(33)22-9-7-10-23(16-22)34-18-24-19(2)29-35-20(24)3/h5-11,16H,4,12-15,17-18H2,1-3H3,(H,28,32). The Morgan fingerprint density at radius 3 is 2.54 bits per heavy atom. The third kappa shape index (κ3) is 6.08. The summed E-state index contributed by atoms with van der Waals surface area (Å²) < 4.78 is 11.1.